The van der Waals surface area contributed by atoms with E-state index in [-0.39, 0.29) is 46.4 Å². The van der Waals surface area contributed by atoms with Gasteiger partial charge in [-0.2, -0.15) is 26.3 Å². The number of anilines is 1. The topological polar surface area (TPSA) is 83.5 Å². The summed E-state index contributed by atoms with van der Waals surface area (Å²) in [6.45, 7) is 0. The molecule has 3 aromatic rings. The van der Waals surface area contributed by atoms with Gasteiger partial charge >= 0.3 is 12.4 Å². The van der Waals surface area contributed by atoms with Gasteiger partial charge < -0.3 is 5.11 Å². The Balaban J connectivity index is 1.58. The largest absolute Gasteiger partial charge is 0.430 e. The Kier molecular flexibility index (Phi) is 6.36. The molecule has 196 valence electrons. The summed E-state index contributed by atoms with van der Waals surface area (Å²) in [5, 5.41) is 9.45. The molecule has 1 aliphatic carbocycles. The first-order chi connectivity index (χ1) is 17.0. The molecule has 0 saturated carbocycles. The van der Waals surface area contributed by atoms with E-state index in [0.717, 1.165) is 5.56 Å². The number of alkyl halides is 6. The number of carbonyl (C=O) groups excluding carboxylic acids is 1. The van der Waals surface area contributed by atoms with Crippen LogP contribution in [0.5, 0.6) is 0 Å². The highest BCUT2D eigenvalue weighted by atomic mass is 32.2. The summed E-state index contributed by atoms with van der Waals surface area (Å²) in [4.78, 5) is 11.5. The summed E-state index contributed by atoms with van der Waals surface area (Å²) in [5.41, 5.74) is -5.99. The van der Waals surface area contributed by atoms with Crippen LogP contribution in [0.4, 0.5) is 36.4 Å². The molecule has 0 saturated heterocycles. The molecule has 13 heteroatoms. The summed E-state index contributed by atoms with van der Waals surface area (Å²) < 4.78 is 121. The van der Waals surface area contributed by atoms with Crippen LogP contribution in [0.15, 0.2) is 65.6 Å². The molecule has 37 heavy (non-hydrogen) atoms. The molecule has 0 bridgehead atoms. The zero-order valence-corrected chi connectivity index (χ0v) is 19.2. The van der Waals surface area contributed by atoms with Gasteiger partial charge in [0.25, 0.3) is 15.6 Å². The average Bonchev–Trinajstić information content (AvgIpc) is 3.16. The first-order valence-corrected chi connectivity index (χ1v) is 11.9. The Hall–Kier alpha value is -3.45. The van der Waals surface area contributed by atoms with E-state index in [0.29, 0.717) is 17.7 Å². The van der Waals surface area contributed by atoms with Crippen LogP contribution in [0.1, 0.15) is 16.7 Å². The molecule has 5 nitrogen and oxygen atoms in total. The van der Waals surface area contributed by atoms with Gasteiger partial charge in [0.15, 0.2) is 0 Å². The fraction of sp³-hybridized carbons (Fsp3) is 0.208. The van der Waals surface area contributed by atoms with Crippen molar-refractivity contribution in [2.24, 2.45) is 0 Å². The van der Waals surface area contributed by atoms with E-state index < -0.39 is 39.4 Å². The maximum atomic E-state index is 14.6. The van der Waals surface area contributed by atoms with Gasteiger partial charge in [-0.25, -0.2) is 12.8 Å². The van der Waals surface area contributed by atoms with Gasteiger partial charge in [0.1, 0.15) is 11.6 Å². The minimum Gasteiger partial charge on any atom is -0.369 e. The molecule has 4 rings (SSSR count). The Morgan fingerprint density at radius 3 is 1.95 bits per heavy atom. The SMILES string of the molecule is O=C1Cc2ccc(S(=O)(=O)Nc3ccc(-c4ccc(C(O)(C(F)(F)F)C(F)(F)F)cc4F)cc3)cc2C1. The lowest BCUT2D eigenvalue weighted by molar-refractivity contribution is -0.376. The van der Waals surface area contributed by atoms with Crippen LogP contribution >= 0.6 is 0 Å². The predicted molar refractivity (Wildman–Crippen MR) is 118 cm³/mol. The maximum Gasteiger partial charge on any atom is 0.430 e. The summed E-state index contributed by atoms with van der Waals surface area (Å²) in [7, 11) is -4.06. The Labute approximate surface area is 205 Å². The number of rotatable bonds is 5. The molecule has 0 aliphatic heterocycles. The molecular formula is C24H16F7NO4S. The molecule has 0 radical (unpaired) electrons. The lowest BCUT2D eigenvalue weighted by atomic mass is 9.90. The minimum atomic E-state index is -6.16. The van der Waals surface area contributed by atoms with Crippen LogP contribution in [-0.4, -0.2) is 31.7 Å². The van der Waals surface area contributed by atoms with Crippen LogP contribution in [0.3, 0.4) is 0 Å². The number of ketones is 1. The second-order valence-electron chi connectivity index (χ2n) is 8.41. The molecule has 0 unspecified atom stereocenters. The first-order valence-electron chi connectivity index (χ1n) is 10.5. The lowest BCUT2D eigenvalue weighted by Gasteiger charge is -2.32. The van der Waals surface area contributed by atoms with Crippen molar-refractivity contribution < 1.29 is 49.1 Å². The number of sulfonamides is 1. The third-order valence-corrected chi connectivity index (χ3v) is 7.30. The highest BCUT2D eigenvalue weighted by molar-refractivity contribution is 7.92. The number of aliphatic hydroxyl groups is 1. The van der Waals surface area contributed by atoms with E-state index in [1.54, 1.807) is 6.07 Å². The van der Waals surface area contributed by atoms with Crippen LogP contribution in [-0.2, 0) is 33.3 Å². The molecule has 0 spiro atoms. The third-order valence-electron chi connectivity index (χ3n) is 5.92. The van der Waals surface area contributed by atoms with Gasteiger partial charge in [-0.15, -0.1) is 0 Å². The Morgan fingerprint density at radius 2 is 1.38 bits per heavy atom. The standard InChI is InChI=1S/C24H16F7NO4S/c25-21-12-16(22(34,23(26,27)28)24(29,30)31)4-8-20(21)13-1-5-17(6-2-13)32-37(35,36)19-7-3-14-9-18(33)10-15(14)11-19/h1-8,11-12,32,34H,9-10H2. The number of carbonyl (C=O) groups is 1. The van der Waals surface area contributed by atoms with Crippen LogP contribution < -0.4 is 4.72 Å². The molecule has 1 aliphatic rings. The smallest absolute Gasteiger partial charge is 0.369 e. The molecule has 0 aromatic heterocycles. The molecule has 3 aromatic carbocycles. The van der Waals surface area contributed by atoms with Crippen molar-refractivity contribution in [3.8, 4) is 11.1 Å². The van der Waals surface area contributed by atoms with Gasteiger partial charge in [-0.05, 0) is 47.0 Å². The van der Waals surface area contributed by atoms with Crippen molar-refractivity contribution in [1.82, 2.24) is 0 Å². The fourth-order valence-corrected chi connectivity index (χ4v) is 5.10. The van der Waals surface area contributed by atoms with Crippen LogP contribution in [0.25, 0.3) is 11.1 Å². The molecule has 0 fully saturated rings. The van der Waals surface area contributed by atoms with Crippen molar-refractivity contribution in [2.45, 2.75) is 35.7 Å². The lowest BCUT2D eigenvalue weighted by Crippen LogP contribution is -2.53. The second-order valence-corrected chi connectivity index (χ2v) is 10.1. The number of benzene rings is 3. The molecular weight excluding hydrogens is 531 g/mol. The summed E-state index contributed by atoms with van der Waals surface area (Å²) >= 11 is 0. The number of hydrogen-bond donors (Lipinski definition) is 2. The number of fused-ring (bicyclic) bond motifs is 1. The number of nitrogens with one attached hydrogen (secondary N) is 1. The normalized spacial score (nSPS) is 14.5. The van der Waals surface area contributed by atoms with E-state index in [9.17, 15) is 49.1 Å². The van der Waals surface area contributed by atoms with Gasteiger partial charge in [0.2, 0.25) is 0 Å². The number of Topliss-reactive ketones (excluding diaryl/α,β-unsaturated/α-hetero) is 1. The van der Waals surface area contributed by atoms with Gasteiger partial charge in [0, 0.05) is 29.7 Å². The fourth-order valence-electron chi connectivity index (χ4n) is 3.99. The van der Waals surface area contributed by atoms with E-state index in [2.05, 4.69) is 4.72 Å². The monoisotopic (exact) mass is 547 g/mol. The molecule has 2 N–H and O–H groups in total. The van der Waals surface area contributed by atoms with Crippen molar-refractivity contribution in [3.05, 3.63) is 83.2 Å². The van der Waals surface area contributed by atoms with E-state index in [1.807, 2.05) is 0 Å². The third kappa shape index (κ3) is 4.80. The first kappa shape index (κ1) is 26.6. The van der Waals surface area contributed by atoms with Crippen LogP contribution in [0.2, 0.25) is 0 Å². The van der Waals surface area contributed by atoms with Gasteiger partial charge in [-0.1, -0.05) is 30.3 Å². The highest BCUT2D eigenvalue weighted by Crippen LogP contribution is 2.50. The average molecular weight is 547 g/mol. The summed E-state index contributed by atoms with van der Waals surface area (Å²) in [5.74, 6) is -1.50. The van der Waals surface area contributed by atoms with Crippen molar-refractivity contribution in [2.75, 3.05) is 4.72 Å². The summed E-state index contributed by atoms with van der Waals surface area (Å²) in [6.07, 6.45) is -12.0. The molecule has 0 atom stereocenters. The van der Waals surface area contributed by atoms with Crippen molar-refractivity contribution in [3.63, 3.8) is 0 Å². The van der Waals surface area contributed by atoms with Crippen molar-refractivity contribution in [1.29, 1.82) is 0 Å². The van der Waals surface area contributed by atoms with E-state index >= 15 is 0 Å². The Morgan fingerprint density at radius 1 is 0.784 bits per heavy atom. The number of hydrogen-bond acceptors (Lipinski definition) is 4. The zero-order chi connectivity index (χ0) is 27.4. The zero-order valence-electron chi connectivity index (χ0n) is 18.4. The van der Waals surface area contributed by atoms with Crippen LogP contribution in [0, 0.1) is 5.82 Å². The van der Waals surface area contributed by atoms with Gasteiger partial charge in [-0.3, -0.25) is 9.52 Å². The second kappa shape index (κ2) is 8.84. The Bertz CT molecular complexity index is 1470. The van der Waals surface area contributed by atoms with Gasteiger partial charge in [0.05, 0.1) is 4.90 Å². The minimum absolute atomic E-state index is 0.0191. The maximum absolute atomic E-state index is 14.6. The quantitative estimate of drug-likeness (QED) is 0.427. The van der Waals surface area contributed by atoms with Crippen molar-refractivity contribution >= 4 is 21.5 Å². The van der Waals surface area contributed by atoms with E-state index in [1.165, 1.54) is 36.4 Å². The predicted octanol–water partition coefficient (Wildman–Crippen LogP) is 5.27. The highest BCUT2D eigenvalue weighted by Gasteiger charge is 2.71. The molecule has 0 heterocycles. The number of halogens is 7. The summed E-state index contributed by atoms with van der Waals surface area (Å²) in [6, 6.07) is 10.0. The van der Waals surface area contributed by atoms with E-state index in [4.69, 9.17) is 0 Å². The molecule has 0 amide bonds.